The zero-order chi connectivity index (χ0) is 20.7. The lowest BCUT2D eigenvalue weighted by atomic mass is 10.1. The fourth-order valence-corrected chi connectivity index (χ4v) is 4.47. The van der Waals surface area contributed by atoms with Crippen LogP contribution in [-0.4, -0.2) is 14.1 Å². The fourth-order valence-electron chi connectivity index (χ4n) is 4.47. The summed E-state index contributed by atoms with van der Waals surface area (Å²) in [5, 5.41) is 1.32. The average Bonchev–Trinajstić information content (AvgIpc) is 3.43. The van der Waals surface area contributed by atoms with Gasteiger partial charge >= 0.3 is 0 Å². The maximum absolute atomic E-state index is 5.16. The van der Waals surface area contributed by atoms with Gasteiger partial charge in [0.1, 0.15) is 0 Å². The summed E-state index contributed by atoms with van der Waals surface area (Å²) >= 11 is 0. The van der Waals surface area contributed by atoms with Gasteiger partial charge in [0.05, 0.1) is 16.7 Å². The van der Waals surface area contributed by atoms with E-state index in [4.69, 9.17) is 4.98 Å². The van der Waals surface area contributed by atoms with Crippen molar-refractivity contribution in [2.24, 2.45) is 5.92 Å². The maximum Gasteiger partial charge on any atom is 0.157 e. The third-order valence-electron chi connectivity index (χ3n) is 6.49. The molecule has 4 aromatic rings. The predicted octanol–water partition coefficient (Wildman–Crippen LogP) is 7.07. The van der Waals surface area contributed by atoms with Crippen molar-refractivity contribution >= 4 is 28.0 Å². The second kappa shape index (κ2) is 7.79. The highest BCUT2D eigenvalue weighted by atomic mass is 15.1. The van der Waals surface area contributed by atoms with Crippen molar-refractivity contribution < 1.29 is 0 Å². The van der Waals surface area contributed by atoms with E-state index in [-0.39, 0.29) is 0 Å². The van der Waals surface area contributed by atoms with Gasteiger partial charge in [-0.1, -0.05) is 51.1 Å². The Hall–Kier alpha value is -2.81. The number of benzene rings is 2. The van der Waals surface area contributed by atoms with Gasteiger partial charge in [0.15, 0.2) is 5.82 Å². The molecule has 0 amide bonds. The zero-order valence-corrected chi connectivity index (χ0v) is 18.2. The molecule has 0 spiro atoms. The zero-order valence-electron chi connectivity index (χ0n) is 18.2. The largest absolute Gasteiger partial charge is 0.338 e. The van der Waals surface area contributed by atoms with Crippen LogP contribution in [-0.2, 0) is 19.5 Å². The smallest absolute Gasteiger partial charge is 0.157 e. The minimum Gasteiger partial charge on any atom is -0.338 e. The Balaban J connectivity index is 1.74. The number of hydrogen-bond acceptors (Lipinski definition) is 1. The van der Waals surface area contributed by atoms with Crippen LogP contribution in [0.15, 0.2) is 49.0 Å². The molecule has 0 atom stereocenters. The highest BCUT2D eigenvalue weighted by Gasteiger charge is 2.26. The van der Waals surface area contributed by atoms with Crippen LogP contribution in [0, 0.1) is 5.92 Å². The van der Waals surface area contributed by atoms with E-state index in [9.17, 15) is 0 Å². The summed E-state index contributed by atoms with van der Waals surface area (Å²) in [5.41, 5.74) is 7.44. The molecule has 1 fully saturated rings. The van der Waals surface area contributed by atoms with Gasteiger partial charge < -0.3 is 9.13 Å². The number of unbranched alkanes of at least 4 members (excludes halogenated alkanes) is 1. The van der Waals surface area contributed by atoms with E-state index in [0.717, 1.165) is 48.8 Å². The lowest BCUT2D eigenvalue weighted by Crippen LogP contribution is -2.07. The van der Waals surface area contributed by atoms with E-state index in [1.807, 2.05) is 6.08 Å². The van der Waals surface area contributed by atoms with Crippen molar-refractivity contribution in [1.82, 2.24) is 14.1 Å². The molecule has 5 rings (SSSR count). The summed E-state index contributed by atoms with van der Waals surface area (Å²) in [6, 6.07) is 15.8. The molecule has 0 bridgehead atoms. The predicted molar refractivity (Wildman–Crippen MR) is 128 cm³/mol. The highest BCUT2D eigenvalue weighted by Crippen LogP contribution is 2.37. The Morgan fingerprint density at radius 3 is 2.63 bits per heavy atom. The lowest BCUT2D eigenvalue weighted by molar-refractivity contribution is 0.629. The van der Waals surface area contributed by atoms with Crippen LogP contribution in [0.3, 0.4) is 0 Å². The van der Waals surface area contributed by atoms with Crippen LogP contribution in [0.2, 0.25) is 0 Å². The number of rotatable bonds is 8. The molecule has 3 heteroatoms. The minimum atomic E-state index is 0.811. The topological polar surface area (TPSA) is 22.8 Å². The molecule has 2 aromatic heterocycles. The molecule has 0 unspecified atom stereocenters. The van der Waals surface area contributed by atoms with Gasteiger partial charge in [0.25, 0.3) is 0 Å². The number of aromatic nitrogens is 3. The van der Waals surface area contributed by atoms with Crippen molar-refractivity contribution in [3.05, 3.63) is 60.2 Å². The van der Waals surface area contributed by atoms with Gasteiger partial charge in [-0.15, -0.1) is 0 Å². The van der Waals surface area contributed by atoms with Crippen LogP contribution >= 0.6 is 0 Å². The van der Waals surface area contributed by atoms with Crippen LogP contribution in [0.5, 0.6) is 0 Å². The van der Waals surface area contributed by atoms with E-state index in [0.29, 0.717) is 0 Å². The van der Waals surface area contributed by atoms with Crippen molar-refractivity contribution in [2.45, 2.75) is 59.0 Å². The van der Waals surface area contributed by atoms with Crippen molar-refractivity contribution in [1.29, 1.82) is 0 Å². The van der Waals surface area contributed by atoms with Gasteiger partial charge in [-0.3, -0.25) is 0 Å². The highest BCUT2D eigenvalue weighted by molar-refractivity contribution is 5.89. The molecule has 1 saturated carbocycles. The van der Waals surface area contributed by atoms with Crippen molar-refractivity contribution in [3.8, 4) is 11.5 Å². The van der Waals surface area contributed by atoms with Gasteiger partial charge in [-0.2, -0.15) is 0 Å². The molecule has 30 heavy (non-hydrogen) atoms. The van der Waals surface area contributed by atoms with Crippen LogP contribution in [0.1, 0.15) is 50.7 Å². The Bertz CT molecular complexity index is 1220. The minimum absolute atomic E-state index is 0.811. The number of hydrogen-bond donors (Lipinski definition) is 0. The SMILES string of the molecule is C=Cc1ccc2c(c1)nc(-c1cc3ccc(CC)cc3n1CC1CC1)n2CCCC. The first kappa shape index (κ1) is 19.2. The van der Waals surface area contributed by atoms with Crippen molar-refractivity contribution in [3.63, 3.8) is 0 Å². The summed E-state index contributed by atoms with van der Waals surface area (Å²) in [4.78, 5) is 5.16. The van der Waals surface area contributed by atoms with E-state index in [1.54, 1.807) is 0 Å². The Labute approximate surface area is 179 Å². The molecule has 0 N–H and O–H groups in total. The molecule has 2 aromatic carbocycles. The fraction of sp³-hybridized carbons (Fsp3) is 0.370. The number of aryl methyl sites for hydroxylation is 2. The summed E-state index contributed by atoms with van der Waals surface area (Å²) < 4.78 is 4.98. The molecule has 3 nitrogen and oxygen atoms in total. The molecule has 1 aliphatic rings. The Morgan fingerprint density at radius 1 is 1.03 bits per heavy atom. The molecule has 1 aliphatic carbocycles. The van der Waals surface area contributed by atoms with Gasteiger partial charge in [-0.25, -0.2) is 4.98 Å². The lowest BCUT2D eigenvalue weighted by Gasteiger charge is -2.13. The van der Waals surface area contributed by atoms with Gasteiger partial charge in [0.2, 0.25) is 0 Å². The molecule has 2 heterocycles. The number of fused-ring (bicyclic) bond motifs is 2. The first-order valence-corrected chi connectivity index (χ1v) is 11.5. The molecule has 0 aliphatic heterocycles. The average molecular weight is 398 g/mol. The summed E-state index contributed by atoms with van der Waals surface area (Å²) in [5.74, 6) is 1.92. The van der Waals surface area contributed by atoms with Crippen LogP contribution < -0.4 is 0 Å². The summed E-state index contributed by atoms with van der Waals surface area (Å²) in [7, 11) is 0. The normalized spacial score (nSPS) is 14.1. The maximum atomic E-state index is 5.16. The van der Waals surface area contributed by atoms with E-state index in [1.165, 1.54) is 46.9 Å². The Morgan fingerprint density at radius 2 is 1.90 bits per heavy atom. The first-order valence-electron chi connectivity index (χ1n) is 11.5. The van der Waals surface area contributed by atoms with Crippen molar-refractivity contribution in [2.75, 3.05) is 0 Å². The summed E-state index contributed by atoms with van der Waals surface area (Å²) in [6.45, 7) is 10.5. The molecule has 154 valence electrons. The monoisotopic (exact) mass is 397 g/mol. The van der Waals surface area contributed by atoms with E-state index in [2.05, 4.69) is 72.0 Å². The van der Waals surface area contributed by atoms with Gasteiger partial charge in [0, 0.05) is 24.0 Å². The van der Waals surface area contributed by atoms with E-state index >= 15 is 0 Å². The standard InChI is InChI=1S/C27H31N3/c1-4-7-14-29-24-13-11-19(5-2)15-23(24)28-27(29)26-17-22-12-10-20(6-3)16-25(22)30(26)18-21-8-9-21/h5,10-13,15-17,21H,2,4,6-9,14,18H2,1,3H3. The first-order chi connectivity index (χ1) is 14.7. The number of imidazole rings is 1. The number of nitrogens with zero attached hydrogens (tertiary/aromatic N) is 3. The molecular weight excluding hydrogens is 366 g/mol. The second-order valence-corrected chi connectivity index (χ2v) is 8.72. The molecule has 0 radical (unpaired) electrons. The molecular formula is C27H31N3. The summed E-state index contributed by atoms with van der Waals surface area (Å²) in [6.07, 6.45) is 8.00. The molecule has 0 saturated heterocycles. The van der Waals surface area contributed by atoms with E-state index < -0.39 is 0 Å². The third kappa shape index (κ3) is 3.36. The van der Waals surface area contributed by atoms with Crippen LogP contribution in [0.4, 0.5) is 0 Å². The third-order valence-corrected chi connectivity index (χ3v) is 6.49. The quantitative estimate of drug-likeness (QED) is 0.312. The van der Waals surface area contributed by atoms with Crippen LogP contribution in [0.25, 0.3) is 39.5 Å². The Kier molecular flexibility index (Phi) is 4.98. The second-order valence-electron chi connectivity index (χ2n) is 8.72. The van der Waals surface area contributed by atoms with Gasteiger partial charge in [-0.05, 0) is 67.0 Å².